The minimum absolute atomic E-state index is 0.0112. The van der Waals surface area contributed by atoms with E-state index in [0.717, 1.165) is 6.26 Å². The van der Waals surface area contributed by atoms with Crippen LogP contribution in [0, 0.1) is 11.6 Å². The molecule has 0 aromatic heterocycles. The lowest BCUT2D eigenvalue weighted by molar-refractivity contribution is -0.139. The smallest absolute Gasteiger partial charge is 0.326 e. The maximum absolute atomic E-state index is 12.9. The summed E-state index contributed by atoms with van der Waals surface area (Å²) in [7, 11) is -6.19. The van der Waals surface area contributed by atoms with E-state index in [0.29, 0.717) is 11.3 Å². The lowest BCUT2D eigenvalue weighted by Crippen LogP contribution is -2.42. The summed E-state index contributed by atoms with van der Waals surface area (Å²) in [4.78, 5) is 35.2. The first-order valence-electron chi connectivity index (χ1n) is 11.0. The van der Waals surface area contributed by atoms with E-state index in [4.69, 9.17) is 27.9 Å². The molecule has 3 aromatic rings. The molecule has 1 amide bonds. The second-order valence-corrected chi connectivity index (χ2v) is 13.0. The van der Waals surface area contributed by atoms with Crippen LogP contribution in [0.25, 0.3) is 0 Å². The maximum atomic E-state index is 12.9. The zero-order chi connectivity index (χ0) is 29.0. The van der Waals surface area contributed by atoms with Crippen LogP contribution >= 0.6 is 30.6 Å². The zero-order valence-corrected chi connectivity index (χ0v) is 23.7. The molecule has 0 heterocycles. The van der Waals surface area contributed by atoms with Crippen molar-refractivity contribution in [3.8, 4) is 17.3 Å². The Morgan fingerprint density at radius 2 is 1.72 bits per heavy atom. The number of benzene rings is 3. The quantitative estimate of drug-likeness (QED) is 0.258. The summed E-state index contributed by atoms with van der Waals surface area (Å²) >= 11 is 12.5. The molecule has 0 bridgehead atoms. The number of hydrogen-bond acceptors (Lipinski definition) is 6. The third kappa shape index (κ3) is 7.85. The summed E-state index contributed by atoms with van der Waals surface area (Å²) in [6.07, 6.45) is 0.818. The van der Waals surface area contributed by atoms with Gasteiger partial charge in [-0.15, -0.1) is 0 Å². The van der Waals surface area contributed by atoms with Crippen LogP contribution in [0.1, 0.15) is 21.5 Å². The largest absolute Gasteiger partial charge is 0.497 e. The third-order valence-electron chi connectivity index (χ3n) is 5.39. The van der Waals surface area contributed by atoms with E-state index in [1.165, 1.54) is 55.6 Å². The zero-order valence-electron chi connectivity index (χ0n) is 20.5. The average molecular weight is 610 g/mol. The van der Waals surface area contributed by atoms with E-state index < -0.39 is 35.1 Å². The number of ether oxygens (including phenoxy) is 1. The Balaban J connectivity index is 1.83. The SMILES string of the molecule is COc1cccc(P(=O)(O)C#Cc2cc(Cl)c(C(=O)NC(Cc3cccc(S(C)(=O)=O)c3)C(=O)O)c(Cl)c2)c1. The molecule has 2 unspecified atom stereocenters. The molecule has 0 fully saturated rings. The first-order chi connectivity index (χ1) is 18.2. The molecule has 3 rings (SSSR count). The van der Waals surface area contributed by atoms with Crippen LogP contribution in [0.15, 0.2) is 65.6 Å². The predicted molar refractivity (Wildman–Crippen MR) is 148 cm³/mol. The molecule has 0 aliphatic rings. The molecule has 13 heteroatoms. The lowest BCUT2D eigenvalue weighted by atomic mass is 10.0. The second kappa shape index (κ2) is 12.2. The number of rotatable bonds is 8. The van der Waals surface area contributed by atoms with Crippen molar-refractivity contribution in [3.05, 3.63) is 87.4 Å². The summed E-state index contributed by atoms with van der Waals surface area (Å²) in [5.74, 6) is 0.662. The molecule has 2 atom stereocenters. The standard InChI is InChI=1S/C26H22Cl2NO8PS/c1-37-18-6-4-7-19(15-18)38(33,34)10-9-17-12-21(27)24(22(28)13-17)25(30)29-23(26(31)32)14-16-5-3-8-20(11-16)39(2,35)36/h3-8,11-13,15,23H,14H2,1-2H3,(H,29,30)(H,31,32)(H,33,34). The number of methoxy groups -OCH3 is 1. The van der Waals surface area contributed by atoms with Gasteiger partial charge in [-0.25, -0.2) is 13.2 Å². The molecule has 0 aliphatic heterocycles. The van der Waals surface area contributed by atoms with Crippen LogP contribution in [-0.4, -0.2) is 49.7 Å². The van der Waals surface area contributed by atoms with Crippen molar-refractivity contribution in [1.82, 2.24) is 5.32 Å². The maximum Gasteiger partial charge on any atom is 0.326 e. The van der Waals surface area contributed by atoms with E-state index in [1.807, 2.05) is 0 Å². The van der Waals surface area contributed by atoms with Gasteiger partial charge in [0.25, 0.3) is 5.91 Å². The van der Waals surface area contributed by atoms with Gasteiger partial charge in [-0.1, -0.05) is 47.3 Å². The summed E-state index contributed by atoms with van der Waals surface area (Å²) in [6.45, 7) is 0. The van der Waals surface area contributed by atoms with Crippen LogP contribution in [0.2, 0.25) is 10.0 Å². The molecule has 0 saturated carbocycles. The van der Waals surface area contributed by atoms with Gasteiger partial charge in [0.2, 0.25) is 0 Å². The molecule has 3 aromatic carbocycles. The summed E-state index contributed by atoms with van der Waals surface area (Å²) in [5, 5.41) is 11.7. The number of carbonyl (C=O) groups is 2. The van der Waals surface area contributed by atoms with Gasteiger partial charge in [0.15, 0.2) is 9.84 Å². The first kappa shape index (κ1) is 30.2. The van der Waals surface area contributed by atoms with E-state index in [9.17, 15) is 32.6 Å². The van der Waals surface area contributed by atoms with E-state index in [1.54, 1.807) is 12.1 Å². The highest BCUT2D eigenvalue weighted by atomic mass is 35.5. The minimum Gasteiger partial charge on any atom is -0.497 e. The van der Waals surface area contributed by atoms with Crippen LogP contribution < -0.4 is 15.4 Å². The monoisotopic (exact) mass is 609 g/mol. The van der Waals surface area contributed by atoms with Crippen LogP contribution in [0.4, 0.5) is 0 Å². The van der Waals surface area contributed by atoms with Gasteiger partial charge in [-0.2, -0.15) is 0 Å². The highest BCUT2D eigenvalue weighted by Crippen LogP contribution is 2.39. The Hall–Kier alpha value is -3.32. The number of carbonyl (C=O) groups excluding carboxylic acids is 1. The van der Waals surface area contributed by atoms with Crippen LogP contribution in [0.3, 0.4) is 0 Å². The molecule has 39 heavy (non-hydrogen) atoms. The molecule has 0 radical (unpaired) electrons. The molecule has 3 N–H and O–H groups in total. The average Bonchev–Trinajstić information content (AvgIpc) is 2.86. The molecular formula is C26H22Cl2NO8PS. The Bertz CT molecular complexity index is 1640. The highest BCUT2D eigenvalue weighted by Gasteiger charge is 2.25. The van der Waals surface area contributed by atoms with Gasteiger partial charge in [0.05, 0.1) is 32.9 Å². The summed E-state index contributed by atoms with van der Waals surface area (Å²) in [6, 6.07) is 12.8. The van der Waals surface area contributed by atoms with Gasteiger partial charge < -0.3 is 20.1 Å². The number of carboxylic acid groups (broad SMARTS) is 1. The van der Waals surface area contributed by atoms with Gasteiger partial charge in [-0.05, 0) is 53.7 Å². The van der Waals surface area contributed by atoms with Crippen molar-refractivity contribution in [2.24, 2.45) is 0 Å². The third-order valence-corrected chi connectivity index (χ3v) is 8.49. The summed E-state index contributed by atoms with van der Waals surface area (Å²) in [5.41, 5.74) is 2.60. The second-order valence-electron chi connectivity index (χ2n) is 8.32. The number of carboxylic acids is 1. The predicted octanol–water partition coefficient (Wildman–Crippen LogP) is 3.74. The Kier molecular flexibility index (Phi) is 9.49. The fourth-order valence-corrected chi connectivity index (χ4v) is 5.79. The molecule has 0 aliphatic carbocycles. The number of amides is 1. The Labute approximate surface area is 235 Å². The highest BCUT2D eigenvalue weighted by molar-refractivity contribution is 7.90. The first-order valence-corrected chi connectivity index (χ1v) is 15.3. The fourth-order valence-electron chi connectivity index (χ4n) is 3.44. The Morgan fingerprint density at radius 3 is 2.31 bits per heavy atom. The Morgan fingerprint density at radius 1 is 1.08 bits per heavy atom. The van der Waals surface area contributed by atoms with Crippen LogP contribution in [0.5, 0.6) is 5.75 Å². The topological polar surface area (TPSA) is 147 Å². The van der Waals surface area contributed by atoms with E-state index in [-0.39, 0.29) is 37.8 Å². The van der Waals surface area contributed by atoms with Gasteiger partial charge in [0.1, 0.15) is 11.8 Å². The van der Waals surface area contributed by atoms with Gasteiger partial charge in [-0.3, -0.25) is 9.36 Å². The number of halogens is 2. The fraction of sp³-hybridized carbons (Fsp3) is 0.154. The normalized spacial score (nSPS) is 13.4. The van der Waals surface area contributed by atoms with Gasteiger partial charge in [0, 0.05) is 18.2 Å². The van der Waals surface area contributed by atoms with Gasteiger partial charge >= 0.3 is 13.3 Å². The summed E-state index contributed by atoms with van der Waals surface area (Å²) < 4.78 is 41.4. The number of sulfone groups is 1. The molecule has 0 saturated heterocycles. The minimum atomic E-state index is -4.10. The number of hydrogen-bond donors (Lipinski definition) is 3. The van der Waals surface area contributed by atoms with Crippen molar-refractivity contribution in [2.75, 3.05) is 13.4 Å². The van der Waals surface area contributed by atoms with E-state index in [2.05, 4.69) is 16.9 Å². The molecular weight excluding hydrogens is 588 g/mol. The molecule has 9 nitrogen and oxygen atoms in total. The number of nitrogens with one attached hydrogen (secondary N) is 1. The van der Waals surface area contributed by atoms with Crippen molar-refractivity contribution in [2.45, 2.75) is 17.4 Å². The van der Waals surface area contributed by atoms with Crippen molar-refractivity contribution in [3.63, 3.8) is 0 Å². The molecule has 0 spiro atoms. The molecule has 204 valence electrons. The van der Waals surface area contributed by atoms with Crippen molar-refractivity contribution < 1.29 is 37.3 Å². The number of aliphatic carboxylic acids is 1. The van der Waals surface area contributed by atoms with Crippen LogP contribution in [-0.2, 0) is 25.6 Å². The van der Waals surface area contributed by atoms with E-state index >= 15 is 0 Å². The van der Waals surface area contributed by atoms with Crippen molar-refractivity contribution >= 4 is 57.6 Å². The van der Waals surface area contributed by atoms with Crippen molar-refractivity contribution in [1.29, 1.82) is 0 Å². The lowest BCUT2D eigenvalue weighted by Gasteiger charge is -2.16.